The third-order valence-electron chi connectivity index (χ3n) is 7.49. The van der Waals surface area contributed by atoms with Crippen LogP contribution in [0.15, 0.2) is 12.1 Å². The summed E-state index contributed by atoms with van der Waals surface area (Å²) in [6.45, 7) is 9.22. The minimum absolute atomic E-state index is 0.0853. The van der Waals surface area contributed by atoms with Crippen molar-refractivity contribution in [1.29, 1.82) is 0 Å². The Labute approximate surface area is 194 Å². The van der Waals surface area contributed by atoms with Crippen LogP contribution in [0, 0.1) is 12.8 Å². The number of H-pyrrole nitrogens is 2. The van der Waals surface area contributed by atoms with Crippen LogP contribution in [-0.2, 0) is 22.4 Å². The highest BCUT2D eigenvalue weighted by atomic mass is 16.5. The van der Waals surface area contributed by atoms with Gasteiger partial charge in [0.2, 0.25) is 5.91 Å². The highest BCUT2D eigenvalue weighted by Gasteiger charge is 2.28. The molecular formula is C25H34N6O2. The zero-order chi connectivity index (χ0) is 23.1. The fraction of sp³-hybridized carbons (Fsp3) is 0.560. The van der Waals surface area contributed by atoms with Gasteiger partial charge >= 0.3 is 0 Å². The maximum absolute atomic E-state index is 13.2. The Balaban J connectivity index is 1.43. The second-order valence-corrected chi connectivity index (χ2v) is 9.51. The van der Waals surface area contributed by atoms with Crippen LogP contribution >= 0.6 is 0 Å². The lowest BCUT2D eigenvalue weighted by Gasteiger charge is -2.33. The lowest BCUT2D eigenvalue weighted by molar-refractivity contribution is -0.124. The molecule has 2 N–H and O–H groups in total. The van der Waals surface area contributed by atoms with Gasteiger partial charge in [-0.2, -0.15) is 5.10 Å². The highest BCUT2D eigenvalue weighted by molar-refractivity contribution is 5.99. The minimum Gasteiger partial charge on any atom is -0.379 e. The average molecular weight is 451 g/mol. The number of hydrogen-bond donors (Lipinski definition) is 2. The first kappa shape index (κ1) is 22.1. The number of fused-ring (bicyclic) bond motifs is 2. The first-order chi connectivity index (χ1) is 16.0. The standard InChI is InChI=1S/C25H34N6O2/c1-5-17-6-7-19-18(13-17)23(29-28-19)24-26-20-12-15(2)22(14-21(20)27-24)30(4)25(32)16(3)31-8-10-33-11-9-31/h12,14,16-17H,5-11,13H2,1-4H3,(H,26,27)(H,28,29)/t16-,17+/m1/s1. The summed E-state index contributed by atoms with van der Waals surface area (Å²) in [5.74, 6) is 1.59. The molecule has 1 aromatic carbocycles. The number of nitrogens with zero attached hydrogens (tertiary/aromatic N) is 4. The topological polar surface area (TPSA) is 90.1 Å². The van der Waals surface area contributed by atoms with Crippen LogP contribution in [-0.4, -0.2) is 70.4 Å². The summed E-state index contributed by atoms with van der Waals surface area (Å²) in [4.78, 5) is 25.6. The van der Waals surface area contributed by atoms with Crippen molar-refractivity contribution in [2.45, 2.75) is 52.5 Å². The van der Waals surface area contributed by atoms with Gasteiger partial charge < -0.3 is 14.6 Å². The SMILES string of the molecule is CC[C@H]1CCc2[nH]nc(-c3nc4cc(N(C)C(=O)[C@@H](C)N5CCOCC5)c(C)cc4[nH]3)c2C1. The molecule has 1 fully saturated rings. The van der Waals surface area contributed by atoms with E-state index < -0.39 is 0 Å². The number of nitrogens with one attached hydrogen (secondary N) is 2. The summed E-state index contributed by atoms with van der Waals surface area (Å²) in [7, 11) is 1.86. The minimum atomic E-state index is -0.189. The molecular weight excluding hydrogens is 416 g/mol. The molecule has 1 saturated heterocycles. The maximum Gasteiger partial charge on any atom is 0.243 e. The van der Waals surface area contributed by atoms with Crippen LogP contribution < -0.4 is 4.90 Å². The van der Waals surface area contributed by atoms with Gasteiger partial charge in [-0.1, -0.05) is 13.3 Å². The Bertz CT molecular complexity index is 1160. The molecule has 0 saturated carbocycles. The van der Waals surface area contributed by atoms with E-state index in [2.05, 4.69) is 33.1 Å². The van der Waals surface area contributed by atoms with E-state index in [9.17, 15) is 4.79 Å². The number of aromatic amines is 2. The molecule has 3 heterocycles. The van der Waals surface area contributed by atoms with Crippen molar-refractivity contribution < 1.29 is 9.53 Å². The first-order valence-electron chi connectivity index (χ1n) is 12.1. The smallest absolute Gasteiger partial charge is 0.243 e. The number of ether oxygens (including phenoxy) is 1. The van der Waals surface area contributed by atoms with Gasteiger partial charge in [-0.15, -0.1) is 0 Å². The normalized spacial score (nSPS) is 20.1. The predicted octanol–water partition coefficient (Wildman–Crippen LogP) is 3.46. The summed E-state index contributed by atoms with van der Waals surface area (Å²) in [6.07, 6.45) is 4.52. The van der Waals surface area contributed by atoms with Gasteiger partial charge in [0.05, 0.1) is 30.3 Å². The van der Waals surface area contributed by atoms with Gasteiger partial charge in [0.15, 0.2) is 5.82 Å². The molecule has 8 heteroatoms. The van der Waals surface area contributed by atoms with Gasteiger partial charge in [0.1, 0.15) is 5.69 Å². The van der Waals surface area contributed by atoms with Crippen molar-refractivity contribution in [2.75, 3.05) is 38.3 Å². The third kappa shape index (κ3) is 4.06. The van der Waals surface area contributed by atoms with Crippen molar-refractivity contribution in [2.24, 2.45) is 5.92 Å². The number of carbonyl (C=O) groups is 1. The summed E-state index contributed by atoms with van der Waals surface area (Å²) in [5.41, 5.74) is 7.23. The number of imidazole rings is 1. The lowest BCUT2D eigenvalue weighted by atomic mass is 9.85. The number of rotatable bonds is 5. The Morgan fingerprint density at radius 3 is 2.88 bits per heavy atom. The van der Waals surface area contributed by atoms with Crippen molar-refractivity contribution in [1.82, 2.24) is 25.1 Å². The maximum atomic E-state index is 13.2. The molecule has 1 aliphatic heterocycles. The number of anilines is 1. The molecule has 0 radical (unpaired) electrons. The summed E-state index contributed by atoms with van der Waals surface area (Å²) in [6, 6.07) is 3.91. The van der Waals surface area contributed by atoms with Crippen LogP contribution in [0.25, 0.3) is 22.6 Å². The summed E-state index contributed by atoms with van der Waals surface area (Å²) < 4.78 is 5.44. The van der Waals surface area contributed by atoms with Crippen LogP contribution in [0.2, 0.25) is 0 Å². The van der Waals surface area contributed by atoms with E-state index in [0.717, 1.165) is 59.7 Å². The van der Waals surface area contributed by atoms with Crippen molar-refractivity contribution in [3.63, 3.8) is 0 Å². The molecule has 33 heavy (non-hydrogen) atoms. The van der Waals surface area contributed by atoms with E-state index in [1.807, 2.05) is 27.0 Å². The van der Waals surface area contributed by atoms with E-state index in [4.69, 9.17) is 9.72 Å². The summed E-state index contributed by atoms with van der Waals surface area (Å²) in [5, 5.41) is 7.85. The van der Waals surface area contributed by atoms with E-state index >= 15 is 0 Å². The number of aryl methyl sites for hydroxylation is 2. The van der Waals surface area contributed by atoms with Gasteiger partial charge in [-0.25, -0.2) is 4.98 Å². The van der Waals surface area contributed by atoms with Crippen molar-refractivity contribution in [3.05, 3.63) is 29.0 Å². The first-order valence-corrected chi connectivity index (χ1v) is 12.1. The Morgan fingerprint density at radius 2 is 2.12 bits per heavy atom. The Hall–Kier alpha value is -2.71. The zero-order valence-electron chi connectivity index (χ0n) is 20.1. The lowest BCUT2D eigenvalue weighted by Crippen LogP contribution is -2.50. The van der Waals surface area contributed by atoms with Crippen LogP contribution in [0.1, 0.15) is 43.5 Å². The molecule has 0 spiro atoms. The number of hydrogen-bond acceptors (Lipinski definition) is 5. The molecule has 0 unspecified atom stereocenters. The van der Waals surface area contributed by atoms with E-state index in [-0.39, 0.29) is 11.9 Å². The predicted molar refractivity (Wildman–Crippen MR) is 129 cm³/mol. The van der Waals surface area contributed by atoms with Crippen molar-refractivity contribution in [3.8, 4) is 11.5 Å². The second kappa shape index (κ2) is 8.91. The van der Waals surface area contributed by atoms with Gasteiger partial charge in [0.25, 0.3) is 0 Å². The second-order valence-electron chi connectivity index (χ2n) is 9.51. The quantitative estimate of drug-likeness (QED) is 0.621. The van der Waals surface area contributed by atoms with Crippen molar-refractivity contribution >= 4 is 22.6 Å². The van der Waals surface area contributed by atoms with Gasteiger partial charge in [-0.3, -0.25) is 14.8 Å². The fourth-order valence-corrected chi connectivity index (χ4v) is 5.26. The summed E-state index contributed by atoms with van der Waals surface area (Å²) >= 11 is 0. The van der Waals surface area contributed by atoms with Gasteiger partial charge in [0, 0.05) is 37.1 Å². The molecule has 176 valence electrons. The van der Waals surface area contributed by atoms with Crippen LogP contribution in [0.4, 0.5) is 5.69 Å². The zero-order valence-corrected chi connectivity index (χ0v) is 20.1. The van der Waals surface area contributed by atoms with E-state index in [0.29, 0.717) is 19.1 Å². The molecule has 1 amide bonds. The number of amides is 1. The Kier molecular flexibility index (Phi) is 5.97. The molecule has 8 nitrogen and oxygen atoms in total. The third-order valence-corrected chi connectivity index (χ3v) is 7.49. The van der Waals surface area contributed by atoms with Gasteiger partial charge in [-0.05, 0) is 56.7 Å². The molecule has 5 rings (SSSR count). The molecule has 0 bridgehead atoms. The highest BCUT2D eigenvalue weighted by Crippen LogP contribution is 2.34. The molecule has 3 aromatic rings. The molecule has 2 aromatic heterocycles. The number of benzene rings is 1. The molecule has 1 aliphatic carbocycles. The van der Waals surface area contributed by atoms with E-state index in [1.165, 1.54) is 24.1 Å². The van der Waals surface area contributed by atoms with E-state index in [1.54, 1.807) is 4.90 Å². The average Bonchev–Trinajstić information content (AvgIpc) is 3.45. The number of aromatic nitrogens is 4. The number of carbonyl (C=O) groups excluding carboxylic acids is 1. The Morgan fingerprint density at radius 1 is 1.33 bits per heavy atom. The number of morpholine rings is 1. The number of likely N-dealkylation sites (N-methyl/N-ethyl adjacent to an activating group) is 1. The molecule has 2 aliphatic rings. The monoisotopic (exact) mass is 450 g/mol. The van der Waals surface area contributed by atoms with Crippen LogP contribution in [0.5, 0.6) is 0 Å². The largest absolute Gasteiger partial charge is 0.379 e. The fourth-order valence-electron chi connectivity index (χ4n) is 5.26. The molecule has 2 atom stereocenters. The van der Waals surface area contributed by atoms with Crippen LogP contribution in [0.3, 0.4) is 0 Å².